The quantitative estimate of drug-likeness (QED) is 0.781. The zero-order valence-corrected chi connectivity index (χ0v) is 14.4. The number of halogens is 2. The Bertz CT molecular complexity index is 452. The molecule has 21 heavy (non-hydrogen) atoms. The molecule has 1 aromatic rings. The molecule has 3 unspecified atom stereocenters. The van der Waals surface area contributed by atoms with E-state index in [1.54, 1.807) is 0 Å². The molecule has 1 fully saturated rings. The van der Waals surface area contributed by atoms with Crippen LogP contribution in [0.1, 0.15) is 38.7 Å². The van der Waals surface area contributed by atoms with Crippen LogP contribution in [0.25, 0.3) is 0 Å². The fourth-order valence-electron chi connectivity index (χ4n) is 3.19. The first kappa shape index (κ1) is 17.1. The molecule has 1 aliphatic heterocycles. The molecular formula is C17H25Cl2NO. The van der Waals surface area contributed by atoms with E-state index in [1.165, 1.54) is 0 Å². The summed E-state index contributed by atoms with van der Waals surface area (Å²) >= 11 is 12.5. The van der Waals surface area contributed by atoms with Crippen molar-refractivity contribution in [1.82, 2.24) is 5.32 Å². The van der Waals surface area contributed by atoms with Crippen molar-refractivity contribution >= 4 is 23.2 Å². The molecular weight excluding hydrogens is 305 g/mol. The zero-order valence-electron chi connectivity index (χ0n) is 12.9. The maximum absolute atomic E-state index is 6.36. The summed E-state index contributed by atoms with van der Waals surface area (Å²) in [7, 11) is 0. The first-order valence-corrected chi connectivity index (χ1v) is 8.70. The van der Waals surface area contributed by atoms with Gasteiger partial charge in [-0.1, -0.05) is 49.2 Å². The monoisotopic (exact) mass is 329 g/mol. The van der Waals surface area contributed by atoms with Crippen LogP contribution in [0.2, 0.25) is 10.0 Å². The van der Waals surface area contributed by atoms with Crippen LogP contribution in [0, 0.1) is 5.92 Å². The Labute approximate surface area is 138 Å². The van der Waals surface area contributed by atoms with Gasteiger partial charge in [0.1, 0.15) is 0 Å². The van der Waals surface area contributed by atoms with Gasteiger partial charge in [0.25, 0.3) is 0 Å². The molecule has 0 aliphatic carbocycles. The summed E-state index contributed by atoms with van der Waals surface area (Å²) in [6, 6.07) is 6.29. The average molecular weight is 330 g/mol. The maximum Gasteiger partial charge on any atom is 0.0624 e. The zero-order chi connectivity index (χ0) is 15.2. The van der Waals surface area contributed by atoms with Crippen LogP contribution < -0.4 is 5.32 Å². The van der Waals surface area contributed by atoms with Crippen LogP contribution in [-0.4, -0.2) is 25.3 Å². The van der Waals surface area contributed by atoms with Crippen LogP contribution in [0.4, 0.5) is 0 Å². The number of nitrogens with one attached hydrogen (secondary N) is 1. The third kappa shape index (κ3) is 4.35. The summed E-state index contributed by atoms with van der Waals surface area (Å²) in [4.78, 5) is 0. The molecule has 2 nitrogen and oxygen atoms in total. The molecule has 3 atom stereocenters. The summed E-state index contributed by atoms with van der Waals surface area (Å²) in [5, 5.41) is 5.02. The fourth-order valence-corrected chi connectivity index (χ4v) is 3.59. The lowest BCUT2D eigenvalue weighted by Gasteiger charge is -2.28. The third-order valence-corrected chi connectivity index (χ3v) is 5.17. The average Bonchev–Trinajstić information content (AvgIpc) is 2.96. The van der Waals surface area contributed by atoms with Crippen LogP contribution in [-0.2, 0) is 11.2 Å². The van der Waals surface area contributed by atoms with Crippen LogP contribution in [0.5, 0.6) is 0 Å². The molecule has 0 aromatic heterocycles. The molecule has 0 spiro atoms. The summed E-state index contributed by atoms with van der Waals surface area (Å²) < 4.78 is 5.87. The maximum atomic E-state index is 6.36. The van der Waals surface area contributed by atoms with Crippen molar-refractivity contribution in [3.05, 3.63) is 33.8 Å². The van der Waals surface area contributed by atoms with E-state index in [1.807, 2.05) is 12.1 Å². The molecule has 0 saturated carbocycles. The predicted octanol–water partition coefficient (Wildman–Crippen LogP) is 4.72. The molecule has 0 amide bonds. The third-order valence-electron chi connectivity index (χ3n) is 4.31. The van der Waals surface area contributed by atoms with E-state index in [0.717, 1.165) is 44.4 Å². The Hall–Kier alpha value is -0.280. The number of hydrogen-bond acceptors (Lipinski definition) is 2. The van der Waals surface area contributed by atoms with Gasteiger partial charge in [0, 0.05) is 18.6 Å². The molecule has 1 N–H and O–H groups in total. The lowest BCUT2D eigenvalue weighted by atomic mass is 9.87. The van der Waals surface area contributed by atoms with Crippen molar-refractivity contribution in [2.24, 2.45) is 5.92 Å². The van der Waals surface area contributed by atoms with Gasteiger partial charge >= 0.3 is 0 Å². The molecule has 2 rings (SSSR count). The molecule has 0 radical (unpaired) electrons. The lowest BCUT2D eigenvalue weighted by Crippen LogP contribution is -2.42. The molecule has 1 aromatic carbocycles. The molecule has 1 heterocycles. The first-order valence-electron chi connectivity index (χ1n) is 7.95. The topological polar surface area (TPSA) is 21.3 Å². The largest absolute Gasteiger partial charge is 0.378 e. The number of hydrogen-bond donors (Lipinski definition) is 1. The van der Waals surface area contributed by atoms with E-state index >= 15 is 0 Å². The second kappa shape index (κ2) is 8.38. The summed E-state index contributed by atoms with van der Waals surface area (Å²) in [6.07, 6.45) is 4.59. The Morgan fingerprint density at radius 2 is 2.14 bits per heavy atom. The molecule has 1 aliphatic rings. The standard InChI is InChI=1S/C17H25Cl2NO/c1-3-9-20-15(13-8-10-21-16(13)4-2)11-12-6-5-7-14(18)17(12)19/h5-7,13,15-16,20H,3-4,8-11H2,1-2H3. The SMILES string of the molecule is CCCNC(Cc1cccc(Cl)c1Cl)C1CCOC1CC. The van der Waals surface area contributed by atoms with Crippen molar-refractivity contribution in [2.75, 3.05) is 13.2 Å². The number of rotatable bonds is 7. The van der Waals surface area contributed by atoms with E-state index < -0.39 is 0 Å². The smallest absolute Gasteiger partial charge is 0.0624 e. The second-order valence-corrected chi connectivity index (χ2v) is 6.53. The van der Waals surface area contributed by atoms with Gasteiger partial charge in [0.2, 0.25) is 0 Å². The van der Waals surface area contributed by atoms with E-state index in [4.69, 9.17) is 27.9 Å². The first-order chi connectivity index (χ1) is 10.2. The van der Waals surface area contributed by atoms with Gasteiger partial charge in [-0.25, -0.2) is 0 Å². The minimum Gasteiger partial charge on any atom is -0.378 e. The van der Waals surface area contributed by atoms with Gasteiger partial charge in [-0.2, -0.15) is 0 Å². The Morgan fingerprint density at radius 3 is 2.86 bits per heavy atom. The van der Waals surface area contributed by atoms with Gasteiger partial charge < -0.3 is 10.1 Å². The van der Waals surface area contributed by atoms with E-state index in [-0.39, 0.29) is 0 Å². The normalized spacial score (nSPS) is 23.4. The van der Waals surface area contributed by atoms with Gasteiger partial charge in [0.15, 0.2) is 0 Å². The Morgan fingerprint density at radius 1 is 1.33 bits per heavy atom. The predicted molar refractivity (Wildman–Crippen MR) is 90.4 cm³/mol. The van der Waals surface area contributed by atoms with Gasteiger partial charge in [-0.05, 0) is 43.9 Å². The summed E-state index contributed by atoms with van der Waals surface area (Å²) in [5.74, 6) is 0.552. The van der Waals surface area contributed by atoms with Crippen LogP contribution >= 0.6 is 23.2 Å². The highest BCUT2D eigenvalue weighted by molar-refractivity contribution is 6.42. The molecule has 1 saturated heterocycles. The van der Waals surface area contributed by atoms with Crippen molar-refractivity contribution in [3.63, 3.8) is 0 Å². The van der Waals surface area contributed by atoms with Gasteiger partial charge in [-0.15, -0.1) is 0 Å². The highest BCUT2D eigenvalue weighted by Crippen LogP contribution is 2.31. The summed E-state index contributed by atoms with van der Waals surface area (Å²) in [5.41, 5.74) is 1.12. The lowest BCUT2D eigenvalue weighted by molar-refractivity contribution is 0.0775. The van der Waals surface area contributed by atoms with Gasteiger partial charge in [0.05, 0.1) is 16.1 Å². The van der Waals surface area contributed by atoms with E-state index in [0.29, 0.717) is 28.1 Å². The minimum absolute atomic E-state index is 0.359. The van der Waals surface area contributed by atoms with Crippen molar-refractivity contribution in [3.8, 4) is 0 Å². The number of ether oxygens (including phenoxy) is 1. The van der Waals surface area contributed by atoms with Crippen molar-refractivity contribution < 1.29 is 4.74 Å². The summed E-state index contributed by atoms with van der Waals surface area (Å²) in [6.45, 7) is 6.29. The highest BCUT2D eigenvalue weighted by Gasteiger charge is 2.33. The molecule has 0 bridgehead atoms. The molecule has 4 heteroatoms. The van der Waals surface area contributed by atoms with E-state index in [2.05, 4.69) is 25.2 Å². The highest BCUT2D eigenvalue weighted by atomic mass is 35.5. The second-order valence-electron chi connectivity index (χ2n) is 5.75. The van der Waals surface area contributed by atoms with Crippen LogP contribution in [0.15, 0.2) is 18.2 Å². The fraction of sp³-hybridized carbons (Fsp3) is 0.647. The number of benzene rings is 1. The van der Waals surface area contributed by atoms with Gasteiger partial charge in [-0.3, -0.25) is 0 Å². The van der Waals surface area contributed by atoms with E-state index in [9.17, 15) is 0 Å². The minimum atomic E-state index is 0.359. The van der Waals surface area contributed by atoms with Crippen molar-refractivity contribution in [1.29, 1.82) is 0 Å². The Balaban J connectivity index is 2.14. The van der Waals surface area contributed by atoms with Crippen molar-refractivity contribution in [2.45, 2.75) is 51.7 Å². The Kier molecular flexibility index (Phi) is 6.81. The van der Waals surface area contributed by atoms with Crippen LogP contribution in [0.3, 0.4) is 0 Å². The molecule has 118 valence electrons.